The molecule has 0 spiro atoms. The van der Waals surface area contributed by atoms with E-state index < -0.39 is 5.41 Å². The number of benzene rings is 2. The summed E-state index contributed by atoms with van der Waals surface area (Å²) in [6.07, 6.45) is 0. The third-order valence-electron chi connectivity index (χ3n) is 3.92. The molecule has 0 amide bonds. The lowest BCUT2D eigenvalue weighted by Gasteiger charge is -2.28. The first-order valence-corrected chi connectivity index (χ1v) is 6.56. The molecule has 0 atom stereocenters. The highest BCUT2D eigenvalue weighted by molar-refractivity contribution is 5.52. The topological polar surface area (TPSA) is 60.7 Å². The number of hydrogen-bond donors (Lipinski definition) is 3. The van der Waals surface area contributed by atoms with E-state index in [0.29, 0.717) is 5.56 Å². The maximum Gasteiger partial charge on any atom is 0.123 e. The zero-order chi connectivity index (χ0) is 15.1. The largest absolute Gasteiger partial charge is 0.508 e. The fourth-order valence-corrected chi connectivity index (χ4v) is 2.34. The van der Waals surface area contributed by atoms with Gasteiger partial charge in [0.1, 0.15) is 17.2 Å². The van der Waals surface area contributed by atoms with Gasteiger partial charge in [-0.15, -0.1) is 0 Å². The normalized spacial score (nSPS) is 11.6. The molecule has 0 aromatic heterocycles. The van der Waals surface area contributed by atoms with Crippen molar-refractivity contribution in [3.8, 4) is 17.2 Å². The Balaban J connectivity index is 2.59. The second-order valence-corrected chi connectivity index (χ2v) is 5.78. The van der Waals surface area contributed by atoms with Gasteiger partial charge < -0.3 is 15.3 Å². The summed E-state index contributed by atoms with van der Waals surface area (Å²) in [5.74, 6) is 0.373. The van der Waals surface area contributed by atoms with Crippen LogP contribution in [0.3, 0.4) is 0 Å². The van der Waals surface area contributed by atoms with Crippen LogP contribution >= 0.6 is 0 Å². The number of hydrogen-bond acceptors (Lipinski definition) is 3. The van der Waals surface area contributed by atoms with Crippen molar-refractivity contribution in [1.29, 1.82) is 0 Å². The summed E-state index contributed by atoms with van der Waals surface area (Å²) in [6, 6.07) is 8.66. The van der Waals surface area contributed by atoms with Crippen LogP contribution in [0.4, 0.5) is 0 Å². The van der Waals surface area contributed by atoms with Gasteiger partial charge in [-0.25, -0.2) is 0 Å². The van der Waals surface area contributed by atoms with E-state index in [4.69, 9.17) is 0 Å². The molecule has 0 fully saturated rings. The fraction of sp³-hybridized carbons (Fsp3) is 0.294. The average molecular weight is 272 g/mol. The van der Waals surface area contributed by atoms with Gasteiger partial charge in [0.25, 0.3) is 0 Å². The van der Waals surface area contributed by atoms with Crippen LogP contribution in [0.25, 0.3) is 0 Å². The first-order chi connectivity index (χ1) is 9.23. The van der Waals surface area contributed by atoms with Crippen LogP contribution in [0.15, 0.2) is 30.3 Å². The van der Waals surface area contributed by atoms with Crippen molar-refractivity contribution >= 4 is 0 Å². The predicted molar refractivity (Wildman–Crippen MR) is 79.5 cm³/mol. The van der Waals surface area contributed by atoms with Crippen molar-refractivity contribution in [3.05, 3.63) is 52.6 Å². The van der Waals surface area contributed by atoms with Crippen LogP contribution in [-0.4, -0.2) is 15.3 Å². The van der Waals surface area contributed by atoms with Crippen molar-refractivity contribution in [1.82, 2.24) is 0 Å². The van der Waals surface area contributed by atoms with E-state index >= 15 is 0 Å². The molecule has 3 N–H and O–H groups in total. The molecule has 2 aromatic carbocycles. The highest BCUT2D eigenvalue weighted by Gasteiger charge is 2.27. The molecular weight excluding hydrogens is 252 g/mol. The van der Waals surface area contributed by atoms with E-state index in [9.17, 15) is 15.3 Å². The van der Waals surface area contributed by atoms with Gasteiger partial charge in [0, 0.05) is 17.0 Å². The summed E-state index contributed by atoms with van der Waals surface area (Å²) >= 11 is 0. The standard InChI is InChI=1S/C17H20O3/c1-10-5-6-12(8-14(10)18)17(3,4)13-7-11(2)15(19)9-16(13)20/h5-9,18-20H,1-4H3. The number of phenols is 3. The first kappa shape index (κ1) is 14.3. The molecular formula is C17H20O3. The second kappa shape index (κ2) is 4.75. The molecule has 0 saturated heterocycles. The lowest BCUT2D eigenvalue weighted by molar-refractivity contribution is 0.432. The maximum atomic E-state index is 10.1. The van der Waals surface area contributed by atoms with Crippen molar-refractivity contribution in [2.24, 2.45) is 0 Å². The quantitative estimate of drug-likeness (QED) is 0.780. The summed E-state index contributed by atoms with van der Waals surface area (Å²) < 4.78 is 0. The molecule has 0 saturated carbocycles. The number of aromatic hydroxyl groups is 3. The van der Waals surface area contributed by atoms with E-state index in [0.717, 1.165) is 16.7 Å². The molecule has 3 heteroatoms. The molecule has 2 aromatic rings. The monoisotopic (exact) mass is 272 g/mol. The molecule has 2 rings (SSSR count). The molecule has 20 heavy (non-hydrogen) atoms. The Morgan fingerprint density at radius 1 is 0.750 bits per heavy atom. The van der Waals surface area contributed by atoms with Gasteiger partial charge in [-0.05, 0) is 42.7 Å². The molecule has 0 aliphatic rings. The van der Waals surface area contributed by atoms with Crippen LogP contribution in [0.5, 0.6) is 17.2 Å². The van der Waals surface area contributed by atoms with E-state index in [1.54, 1.807) is 19.1 Å². The molecule has 0 heterocycles. The van der Waals surface area contributed by atoms with Crippen LogP contribution in [0.1, 0.15) is 36.1 Å². The van der Waals surface area contributed by atoms with E-state index in [1.165, 1.54) is 6.07 Å². The lowest BCUT2D eigenvalue weighted by atomic mass is 9.77. The van der Waals surface area contributed by atoms with Crippen molar-refractivity contribution in [2.75, 3.05) is 0 Å². The summed E-state index contributed by atoms with van der Waals surface area (Å²) in [6.45, 7) is 7.58. The second-order valence-electron chi connectivity index (χ2n) is 5.78. The minimum absolute atomic E-state index is 0.0539. The van der Waals surface area contributed by atoms with E-state index in [2.05, 4.69) is 0 Å². The molecule has 0 aliphatic heterocycles. The molecule has 3 nitrogen and oxygen atoms in total. The molecule has 106 valence electrons. The number of aryl methyl sites for hydroxylation is 2. The van der Waals surface area contributed by atoms with Gasteiger partial charge in [-0.1, -0.05) is 26.0 Å². The average Bonchev–Trinajstić information content (AvgIpc) is 2.36. The summed E-state index contributed by atoms with van der Waals surface area (Å²) in [5, 5.41) is 29.6. The van der Waals surface area contributed by atoms with Gasteiger partial charge in [0.05, 0.1) is 0 Å². The zero-order valence-electron chi connectivity index (χ0n) is 12.2. The fourth-order valence-electron chi connectivity index (χ4n) is 2.34. The summed E-state index contributed by atoms with van der Waals surface area (Å²) in [7, 11) is 0. The Hall–Kier alpha value is -2.16. The van der Waals surface area contributed by atoms with Gasteiger partial charge in [-0.3, -0.25) is 0 Å². The predicted octanol–water partition coefficient (Wildman–Crippen LogP) is 3.75. The highest BCUT2D eigenvalue weighted by Crippen LogP contribution is 2.40. The minimum Gasteiger partial charge on any atom is -0.508 e. The Morgan fingerprint density at radius 2 is 1.35 bits per heavy atom. The van der Waals surface area contributed by atoms with Crippen molar-refractivity contribution < 1.29 is 15.3 Å². The van der Waals surface area contributed by atoms with Crippen molar-refractivity contribution in [3.63, 3.8) is 0 Å². The molecule has 0 radical (unpaired) electrons. The van der Waals surface area contributed by atoms with Crippen LogP contribution < -0.4 is 0 Å². The van der Waals surface area contributed by atoms with Crippen LogP contribution in [0.2, 0.25) is 0 Å². The third kappa shape index (κ3) is 2.31. The maximum absolute atomic E-state index is 10.1. The van der Waals surface area contributed by atoms with E-state index in [-0.39, 0.29) is 17.2 Å². The molecule has 0 unspecified atom stereocenters. The van der Waals surface area contributed by atoms with Crippen molar-refractivity contribution in [2.45, 2.75) is 33.1 Å². The van der Waals surface area contributed by atoms with Gasteiger partial charge >= 0.3 is 0 Å². The lowest BCUT2D eigenvalue weighted by Crippen LogP contribution is -2.19. The van der Waals surface area contributed by atoms with Gasteiger partial charge in [-0.2, -0.15) is 0 Å². The number of rotatable bonds is 2. The van der Waals surface area contributed by atoms with Gasteiger partial charge in [0.15, 0.2) is 0 Å². The Labute approximate surface area is 119 Å². The summed E-state index contributed by atoms with van der Waals surface area (Å²) in [4.78, 5) is 0. The SMILES string of the molecule is Cc1ccc(C(C)(C)c2cc(C)c(O)cc2O)cc1O. The first-order valence-electron chi connectivity index (χ1n) is 6.56. The summed E-state index contributed by atoms with van der Waals surface area (Å²) in [5.41, 5.74) is 2.67. The smallest absolute Gasteiger partial charge is 0.123 e. The Bertz CT molecular complexity index is 658. The number of phenolic OH excluding ortho intramolecular Hbond substituents is 3. The highest BCUT2D eigenvalue weighted by atomic mass is 16.3. The van der Waals surface area contributed by atoms with Crippen LogP contribution in [-0.2, 0) is 5.41 Å². The Kier molecular flexibility index (Phi) is 3.38. The van der Waals surface area contributed by atoms with Gasteiger partial charge in [0.2, 0.25) is 0 Å². The third-order valence-corrected chi connectivity index (χ3v) is 3.92. The van der Waals surface area contributed by atoms with E-state index in [1.807, 2.05) is 32.9 Å². The van der Waals surface area contributed by atoms with Crippen LogP contribution in [0, 0.1) is 13.8 Å². The Morgan fingerprint density at radius 3 is 1.95 bits per heavy atom. The molecule has 0 bridgehead atoms. The minimum atomic E-state index is -0.478. The zero-order valence-corrected chi connectivity index (χ0v) is 12.2. The molecule has 0 aliphatic carbocycles.